The Morgan fingerprint density at radius 2 is 1.59 bits per heavy atom. The van der Waals surface area contributed by atoms with Crippen LogP contribution in [0.3, 0.4) is 0 Å². The van der Waals surface area contributed by atoms with E-state index >= 15 is 0 Å². The highest BCUT2D eigenvalue weighted by Gasteiger charge is 2.09. The number of nitrogens with one attached hydrogen (secondary N) is 3. The Bertz CT molecular complexity index is 1300. The van der Waals surface area contributed by atoms with Crippen LogP contribution in [-0.2, 0) is 7.05 Å². The van der Waals surface area contributed by atoms with E-state index in [9.17, 15) is 9.59 Å². The van der Waals surface area contributed by atoms with Crippen molar-refractivity contribution in [2.45, 2.75) is 6.92 Å². The summed E-state index contributed by atoms with van der Waals surface area (Å²) in [6.07, 6.45) is 1.70. The lowest BCUT2D eigenvalue weighted by molar-refractivity contribution is 0.102. The molecule has 0 aliphatic heterocycles. The van der Waals surface area contributed by atoms with Crippen LogP contribution in [0.4, 0.5) is 28.8 Å². The van der Waals surface area contributed by atoms with Crippen LogP contribution in [0.25, 0.3) is 0 Å². The largest absolute Gasteiger partial charge is 0.340 e. The second-order valence-corrected chi connectivity index (χ2v) is 6.86. The summed E-state index contributed by atoms with van der Waals surface area (Å²) in [7, 11) is 1.49. The van der Waals surface area contributed by atoms with E-state index in [2.05, 4.69) is 36.0 Å². The molecule has 1 aromatic carbocycles. The lowest BCUT2D eigenvalue weighted by Gasteiger charge is -2.11. The quantitative estimate of drug-likeness (QED) is 0.428. The second kappa shape index (κ2) is 9.04. The van der Waals surface area contributed by atoms with Gasteiger partial charge >= 0.3 is 0 Å². The number of anilines is 5. The molecule has 1 amide bonds. The van der Waals surface area contributed by atoms with Gasteiger partial charge in [-0.15, -0.1) is 0 Å². The maximum absolute atomic E-state index is 12.3. The van der Waals surface area contributed by atoms with Gasteiger partial charge in [0.25, 0.3) is 11.5 Å². The number of carbonyl (C=O) groups is 1. The van der Waals surface area contributed by atoms with Crippen molar-refractivity contribution in [3.8, 4) is 0 Å². The fourth-order valence-electron chi connectivity index (χ4n) is 2.87. The molecule has 4 aromatic rings. The third-order valence-corrected chi connectivity index (χ3v) is 4.37. The zero-order chi connectivity index (χ0) is 22.5. The fourth-order valence-corrected chi connectivity index (χ4v) is 2.87. The minimum absolute atomic E-state index is 0.152. The van der Waals surface area contributed by atoms with Crippen molar-refractivity contribution in [1.82, 2.24) is 24.7 Å². The third kappa shape index (κ3) is 5.11. The average Bonchev–Trinajstić information content (AvgIpc) is 2.77. The normalized spacial score (nSPS) is 10.4. The number of rotatable bonds is 6. The Hall–Kier alpha value is -4.60. The molecule has 0 aliphatic rings. The van der Waals surface area contributed by atoms with Crippen LogP contribution in [0.5, 0.6) is 0 Å². The highest BCUT2D eigenvalue weighted by Crippen LogP contribution is 2.21. The van der Waals surface area contributed by atoms with E-state index in [0.717, 1.165) is 10.4 Å². The Balaban J connectivity index is 1.44. The highest BCUT2D eigenvalue weighted by molar-refractivity contribution is 6.02. The predicted molar refractivity (Wildman–Crippen MR) is 121 cm³/mol. The van der Waals surface area contributed by atoms with Crippen molar-refractivity contribution in [3.05, 3.63) is 88.7 Å². The van der Waals surface area contributed by atoms with Crippen molar-refractivity contribution in [1.29, 1.82) is 0 Å². The van der Waals surface area contributed by atoms with Gasteiger partial charge in [0.15, 0.2) is 0 Å². The summed E-state index contributed by atoms with van der Waals surface area (Å²) in [5.41, 5.74) is 1.24. The summed E-state index contributed by atoms with van der Waals surface area (Å²) in [5.74, 6) is 2.11. The predicted octanol–water partition coefficient (Wildman–Crippen LogP) is 3.01. The van der Waals surface area contributed by atoms with Crippen molar-refractivity contribution < 1.29 is 4.79 Å². The van der Waals surface area contributed by atoms with Gasteiger partial charge in [0.1, 0.15) is 29.0 Å². The smallest absolute Gasteiger partial charge is 0.276 e. The van der Waals surface area contributed by atoms with Gasteiger partial charge in [-0.1, -0.05) is 6.07 Å². The number of amides is 1. The first-order chi connectivity index (χ1) is 15.5. The standard InChI is InChI=1S/C22H20N8O2/c1-14-24-19(13-20(25-14)28-18-5-3-4-12-23-18)26-15-6-8-16(9-7-15)27-22(32)17-10-11-21(31)30(2)29-17/h3-13H,1-2H3,(H,27,32)(H2,23,24,25,26,28). The molecule has 4 rings (SSSR count). The van der Waals surface area contributed by atoms with Gasteiger partial charge < -0.3 is 16.0 Å². The number of hydrogen-bond donors (Lipinski definition) is 3. The molecule has 0 atom stereocenters. The summed E-state index contributed by atoms with van der Waals surface area (Å²) in [4.78, 5) is 36.8. The highest BCUT2D eigenvalue weighted by atomic mass is 16.2. The van der Waals surface area contributed by atoms with E-state index in [1.54, 1.807) is 31.3 Å². The molecule has 3 aromatic heterocycles. The van der Waals surface area contributed by atoms with Crippen molar-refractivity contribution >= 4 is 34.7 Å². The van der Waals surface area contributed by atoms with Crippen LogP contribution in [-0.4, -0.2) is 30.6 Å². The Morgan fingerprint density at radius 3 is 2.28 bits per heavy atom. The number of aryl methyl sites for hydroxylation is 2. The summed E-state index contributed by atoms with van der Waals surface area (Å²) >= 11 is 0. The van der Waals surface area contributed by atoms with Crippen LogP contribution < -0.4 is 21.5 Å². The van der Waals surface area contributed by atoms with Gasteiger partial charge in [-0.25, -0.2) is 19.6 Å². The molecule has 3 N–H and O–H groups in total. The molecule has 3 heterocycles. The van der Waals surface area contributed by atoms with Gasteiger partial charge in [-0.05, 0) is 49.4 Å². The van der Waals surface area contributed by atoms with Crippen LogP contribution in [0.15, 0.2) is 71.7 Å². The Morgan fingerprint density at radius 1 is 0.875 bits per heavy atom. The van der Waals surface area contributed by atoms with E-state index in [0.29, 0.717) is 29.0 Å². The van der Waals surface area contributed by atoms with Gasteiger partial charge in [-0.2, -0.15) is 5.10 Å². The molecule has 0 saturated carbocycles. The Labute approximate surface area is 183 Å². The maximum Gasteiger partial charge on any atom is 0.276 e. The van der Waals surface area contributed by atoms with E-state index in [1.165, 1.54) is 19.2 Å². The van der Waals surface area contributed by atoms with Gasteiger partial charge in [0, 0.05) is 36.8 Å². The van der Waals surface area contributed by atoms with Gasteiger partial charge in [-0.3, -0.25) is 9.59 Å². The lowest BCUT2D eigenvalue weighted by atomic mass is 10.2. The number of pyridine rings is 1. The van der Waals surface area contributed by atoms with Gasteiger partial charge in [0.2, 0.25) is 0 Å². The molecular weight excluding hydrogens is 408 g/mol. The first-order valence-electron chi connectivity index (χ1n) is 9.73. The SMILES string of the molecule is Cc1nc(Nc2ccc(NC(=O)c3ccc(=O)n(C)n3)cc2)cc(Nc2ccccn2)n1. The minimum atomic E-state index is -0.405. The molecule has 0 aliphatic carbocycles. The molecular formula is C22H20N8O2. The van der Waals surface area contributed by atoms with Crippen LogP contribution >= 0.6 is 0 Å². The summed E-state index contributed by atoms with van der Waals surface area (Å²) in [5, 5.41) is 13.1. The van der Waals surface area contributed by atoms with E-state index in [1.807, 2.05) is 30.3 Å². The van der Waals surface area contributed by atoms with E-state index in [4.69, 9.17) is 0 Å². The number of aromatic nitrogens is 5. The molecule has 10 nitrogen and oxygen atoms in total. The summed E-state index contributed by atoms with van der Waals surface area (Å²) < 4.78 is 1.11. The van der Waals surface area contributed by atoms with Gasteiger partial charge in [0.05, 0.1) is 0 Å². The van der Waals surface area contributed by atoms with Crippen molar-refractivity contribution in [3.63, 3.8) is 0 Å². The number of hydrogen-bond acceptors (Lipinski definition) is 8. The second-order valence-electron chi connectivity index (χ2n) is 6.86. The average molecular weight is 428 g/mol. The fraction of sp³-hybridized carbons (Fsp3) is 0.0909. The third-order valence-electron chi connectivity index (χ3n) is 4.37. The zero-order valence-electron chi connectivity index (χ0n) is 17.4. The van der Waals surface area contributed by atoms with Crippen molar-refractivity contribution in [2.24, 2.45) is 7.05 Å². The molecule has 0 fully saturated rings. The molecule has 0 spiro atoms. The van der Waals surface area contributed by atoms with E-state index in [-0.39, 0.29) is 11.3 Å². The van der Waals surface area contributed by atoms with Crippen LogP contribution in [0, 0.1) is 6.92 Å². The monoisotopic (exact) mass is 428 g/mol. The molecule has 0 saturated heterocycles. The summed E-state index contributed by atoms with van der Waals surface area (Å²) in [6.45, 7) is 1.81. The molecule has 160 valence electrons. The number of carbonyl (C=O) groups excluding carboxylic acids is 1. The minimum Gasteiger partial charge on any atom is -0.340 e. The molecule has 0 radical (unpaired) electrons. The van der Waals surface area contributed by atoms with Crippen LogP contribution in [0.2, 0.25) is 0 Å². The Kier molecular flexibility index (Phi) is 5.84. The topological polar surface area (TPSA) is 127 Å². The van der Waals surface area contributed by atoms with Crippen LogP contribution in [0.1, 0.15) is 16.3 Å². The molecule has 10 heteroatoms. The summed E-state index contributed by atoms with van der Waals surface area (Å²) in [6, 6.07) is 17.2. The maximum atomic E-state index is 12.3. The van der Waals surface area contributed by atoms with E-state index < -0.39 is 5.91 Å². The first-order valence-corrected chi connectivity index (χ1v) is 9.73. The number of benzene rings is 1. The number of nitrogens with zero attached hydrogens (tertiary/aromatic N) is 5. The lowest BCUT2D eigenvalue weighted by Crippen LogP contribution is -2.23. The zero-order valence-corrected chi connectivity index (χ0v) is 17.4. The molecule has 32 heavy (non-hydrogen) atoms. The van der Waals surface area contributed by atoms with Crippen molar-refractivity contribution in [2.75, 3.05) is 16.0 Å². The first kappa shape index (κ1) is 20.7. The molecule has 0 unspecified atom stereocenters. The molecule has 0 bridgehead atoms.